The minimum atomic E-state index is -3.84. The van der Waals surface area contributed by atoms with E-state index in [1.54, 1.807) is 35.9 Å². The van der Waals surface area contributed by atoms with Gasteiger partial charge in [0.25, 0.3) is 0 Å². The Kier molecular flexibility index (Phi) is 4.28. The summed E-state index contributed by atoms with van der Waals surface area (Å²) in [6, 6.07) is 13.2. The lowest BCUT2D eigenvalue weighted by Crippen LogP contribution is -2.29. The van der Waals surface area contributed by atoms with E-state index >= 15 is 0 Å². The Balaban J connectivity index is 1.96. The van der Waals surface area contributed by atoms with Gasteiger partial charge in [0.1, 0.15) is 11.9 Å². The highest BCUT2D eigenvalue weighted by Crippen LogP contribution is 2.40. The van der Waals surface area contributed by atoms with Crippen molar-refractivity contribution in [2.45, 2.75) is 24.9 Å². The van der Waals surface area contributed by atoms with Crippen molar-refractivity contribution in [1.82, 2.24) is 14.8 Å². The lowest BCUT2D eigenvalue weighted by Gasteiger charge is -2.29. The van der Waals surface area contributed by atoms with Gasteiger partial charge in [0.15, 0.2) is 5.03 Å². The van der Waals surface area contributed by atoms with Crippen molar-refractivity contribution in [1.29, 1.82) is 0 Å². The number of allylic oxidation sites excluding steroid dienone is 2. The molecule has 0 spiro atoms. The number of benzene rings is 1. The average molecular weight is 401 g/mol. The van der Waals surface area contributed by atoms with Gasteiger partial charge in [-0.15, -0.1) is 0 Å². The molecule has 3 aromatic rings. The molecule has 1 N–H and O–H groups in total. The van der Waals surface area contributed by atoms with Crippen LogP contribution >= 0.6 is 11.6 Å². The van der Waals surface area contributed by atoms with E-state index in [0.717, 1.165) is 17.1 Å². The van der Waals surface area contributed by atoms with Gasteiger partial charge < -0.3 is 5.32 Å². The van der Waals surface area contributed by atoms with Gasteiger partial charge in [0.05, 0.1) is 10.6 Å². The Bertz CT molecular complexity index is 1140. The summed E-state index contributed by atoms with van der Waals surface area (Å²) in [7, 11) is -3.84. The summed E-state index contributed by atoms with van der Waals surface area (Å²) in [5.41, 5.74) is 2.12. The van der Waals surface area contributed by atoms with Gasteiger partial charge in [-0.2, -0.15) is 5.10 Å². The van der Waals surface area contributed by atoms with Gasteiger partial charge in [-0.1, -0.05) is 29.8 Å². The number of nitrogens with one attached hydrogen (secondary N) is 1. The van der Waals surface area contributed by atoms with E-state index in [1.807, 2.05) is 25.1 Å². The van der Waals surface area contributed by atoms with Gasteiger partial charge in [-0.3, -0.25) is 0 Å². The number of rotatable bonds is 3. The molecule has 138 valence electrons. The number of hydrogen-bond acceptors (Lipinski definition) is 5. The Morgan fingerprint density at radius 2 is 1.85 bits per heavy atom. The van der Waals surface area contributed by atoms with Crippen LogP contribution in [-0.2, 0) is 9.84 Å². The summed E-state index contributed by atoms with van der Waals surface area (Å²) in [5.74, 6) is 0.741. The molecular weight excluding hydrogens is 384 g/mol. The van der Waals surface area contributed by atoms with Crippen molar-refractivity contribution in [3.63, 3.8) is 0 Å². The van der Waals surface area contributed by atoms with Crippen LogP contribution in [0.5, 0.6) is 0 Å². The minimum absolute atomic E-state index is 0.00689. The molecule has 0 saturated heterocycles. The lowest BCUT2D eigenvalue weighted by atomic mass is 10.0. The van der Waals surface area contributed by atoms with Crippen LogP contribution in [0, 0.1) is 6.92 Å². The first kappa shape index (κ1) is 17.8. The normalized spacial score (nSPS) is 16.8. The van der Waals surface area contributed by atoms with E-state index in [4.69, 9.17) is 11.6 Å². The zero-order valence-corrected chi connectivity index (χ0v) is 16.3. The third-order valence-electron chi connectivity index (χ3n) is 4.42. The summed E-state index contributed by atoms with van der Waals surface area (Å²) in [6.45, 7) is 3.62. The topological polar surface area (TPSA) is 76.9 Å². The number of pyridine rings is 1. The first-order chi connectivity index (χ1) is 12.9. The molecule has 8 heteroatoms. The zero-order valence-electron chi connectivity index (χ0n) is 14.7. The zero-order chi connectivity index (χ0) is 19.2. The first-order valence-electron chi connectivity index (χ1n) is 8.33. The van der Waals surface area contributed by atoms with Crippen LogP contribution in [-0.4, -0.2) is 23.2 Å². The second-order valence-electron chi connectivity index (χ2n) is 6.36. The number of anilines is 1. The highest BCUT2D eigenvalue weighted by Gasteiger charge is 2.38. The first-order valence-corrected chi connectivity index (χ1v) is 10.2. The maximum absolute atomic E-state index is 13.4. The molecule has 4 rings (SSSR count). The largest absolute Gasteiger partial charge is 0.343 e. The van der Waals surface area contributed by atoms with E-state index in [-0.39, 0.29) is 9.93 Å². The Hall–Kier alpha value is -2.64. The number of aryl methyl sites for hydroxylation is 1. The molecule has 0 fully saturated rings. The molecule has 3 heterocycles. The molecule has 0 bridgehead atoms. The molecule has 0 amide bonds. The van der Waals surface area contributed by atoms with Crippen molar-refractivity contribution in [3.05, 3.63) is 81.6 Å². The number of nitrogens with zero attached hydrogens (tertiary/aromatic N) is 3. The third-order valence-corrected chi connectivity index (χ3v) is 6.58. The SMILES string of the molecule is CC1=C(S(=O)(=O)c2ccccn2)C(c2ccc(Cl)cc2)n2nc(C)cc2N1. The van der Waals surface area contributed by atoms with E-state index in [2.05, 4.69) is 15.4 Å². The molecule has 1 atom stereocenters. The molecule has 1 unspecified atom stereocenters. The summed E-state index contributed by atoms with van der Waals surface area (Å²) < 4.78 is 28.6. The van der Waals surface area contributed by atoms with E-state index < -0.39 is 15.9 Å². The van der Waals surface area contributed by atoms with Crippen LogP contribution in [0.1, 0.15) is 24.2 Å². The van der Waals surface area contributed by atoms with Gasteiger partial charge in [-0.05, 0) is 43.7 Å². The minimum Gasteiger partial charge on any atom is -0.343 e. The third kappa shape index (κ3) is 3.02. The van der Waals surface area contributed by atoms with Crippen molar-refractivity contribution in [2.75, 3.05) is 5.32 Å². The molecule has 2 aromatic heterocycles. The molecular formula is C19H17ClN4O2S. The number of fused-ring (bicyclic) bond motifs is 1. The summed E-state index contributed by atoms with van der Waals surface area (Å²) in [4.78, 5) is 4.28. The molecule has 1 aromatic carbocycles. The van der Waals surface area contributed by atoms with Crippen molar-refractivity contribution in [3.8, 4) is 0 Å². The fourth-order valence-electron chi connectivity index (χ4n) is 3.28. The maximum Gasteiger partial charge on any atom is 0.224 e. The second kappa shape index (κ2) is 6.51. The van der Waals surface area contributed by atoms with Crippen molar-refractivity contribution >= 4 is 27.3 Å². The van der Waals surface area contributed by atoms with E-state index in [1.165, 1.54) is 12.3 Å². The Morgan fingerprint density at radius 3 is 2.52 bits per heavy atom. The van der Waals surface area contributed by atoms with Gasteiger partial charge >= 0.3 is 0 Å². The second-order valence-corrected chi connectivity index (χ2v) is 8.66. The molecule has 27 heavy (non-hydrogen) atoms. The van der Waals surface area contributed by atoms with Crippen molar-refractivity contribution < 1.29 is 8.42 Å². The van der Waals surface area contributed by atoms with E-state index in [0.29, 0.717) is 10.7 Å². The van der Waals surface area contributed by atoms with Gasteiger partial charge in [0, 0.05) is 23.0 Å². The average Bonchev–Trinajstić information content (AvgIpc) is 3.01. The summed E-state index contributed by atoms with van der Waals surface area (Å²) >= 11 is 6.03. The summed E-state index contributed by atoms with van der Waals surface area (Å²) in [5, 5.41) is 8.28. The predicted octanol–water partition coefficient (Wildman–Crippen LogP) is 3.96. The maximum atomic E-state index is 13.4. The fraction of sp³-hybridized carbons (Fsp3) is 0.158. The van der Waals surface area contributed by atoms with Gasteiger partial charge in [-0.25, -0.2) is 18.1 Å². The number of sulfone groups is 1. The Morgan fingerprint density at radius 1 is 1.11 bits per heavy atom. The highest BCUT2D eigenvalue weighted by molar-refractivity contribution is 7.95. The molecule has 0 saturated carbocycles. The van der Waals surface area contributed by atoms with E-state index in [9.17, 15) is 8.42 Å². The summed E-state index contributed by atoms with van der Waals surface area (Å²) in [6.07, 6.45) is 1.47. The molecule has 6 nitrogen and oxygen atoms in total. The van der Waals surface area contributed by atoms with Crippen LogP contribution < -0.4 is 5.32 Å². The predicted molar refractivity (Wildman–Crippen MR) is 104 cm³/mol. The van der Waals surface area contributed by atoms with Crippen molar-refractivity contribution in [2.24, 2.45) is 0 Å². The van der Waals surface area contributed by atoms with Crippen LogP contribution in [0.4, 0.5) is 5.82 Å². The van der Waals surface area contributed by atoms with Crippen LogP contribution in [0.25, 0.3) is 0 Å². The molecule has 0 aliphatic carbocycles. The van der Waals surface area contributed by atoms with Crippen LogP contribution in [0.3, 0.4) is 0 Å². The molecule has 1 aliphatic heterocycles. The standard InChI is InChI=1S/C19H17ClN4O2S/c1-12-11-16-22-13(2)19(27(25,26)17-5-3-4-10-21-17)18(24(16)23-12)14-6-8-15(20)9-7-14/h3-11,18,22H,1-2H3. The lowest BCUT2D eigenvalue weighted by molar-refractivity contribution is 0.561. The van der Waals surface area contributed by atoms with Crippen LogP contribution in [0.2, 0.25) is 5.02 Å². The monoisotopic (exact) mass is 400 g/mol. The van der Waals surface area contributed by atoms with Gasteiger partial charge in [0.2, 0.25) is 9.84 Å². The number of halogens is 1. The smallest absolute Gasteiger partial charge is 0.224 e. The highest BCUT2D eigenvalue weighted by atomic mass is 35.5. The van der Waals surface area contributed by atoms with Crippen LogP contribution in [0.15, 0.2) is 70.4 Å². The molecule has 1 aliphatic rings. The molecule has 0 radical (unpaired) electrons. The quantitative estimate of drug-likeness (QED) is 0.720. The fourth-order valence-corrected chi connectivity index (χ4v) is 5.07. The number of hydrogen-bond donors (Lipinski definition) is 1. The number of aromatic nitrogens is 3. The Labute approximate surface area is 162 Å².